The lowest BCUT2D eigenvalue weighted by Crippen LogP contribution is -2.25. The van der Waals surface area contributed by atoms with Gasteiger partial charge in [-0.15, -0.1) is 0 Å². The van der Waals surface area contributed by atoms with Crippen LogP contribution in [0.4, 0.5) is 4.39 Å². The van der Waals surface area contributed by atoms with Crippen LogP contribution in [0.5, 0.6) is 0 Å². The first-order chi connectivity index (χ1) is 14.6. The number of hydrogen-bond acceptors (Lipinski definition) is 4. The number of nitrogens with zero attached hydrogens (tertiary/aromatic N) is 2. The standard InChI is InChI=1S/C23H23FN4O2/c1-15-26-22(30-28-15)8-5-13-25-21(29)12-10-18-19-14-17(24)9-11-20(19)27-23(18)16-6-3-2-4-7-16/h2-4,6-7,9,11,14,27H,5,8,10,12-13H2,1H3,(H,25,29). The summed E-state index contributed by atoms with van der Waals surface area (Å²) >= 11 is 0. The summed E-state index contributed by atoms with van der Waals surface area (Å²) in [6.07, 6.45) is 2.19. The quantitative estimate of drug-likeness (QED) is 0.426. The molecule has 154 valence electrons. The Morgan fingerprint density at radius 1 is 1.17 bits per heavy atom. The van der Waals surface area contributed by atoms with Crippen molar-refractivity contribution >= 4 is 16.8 Å². The molecule has 2 aromatic heterocycles. The van der Waals surface area contributed by atoms with Crippen LogP contribution in [-0.2, 0) is 17.6 Å². The second-order valence-electron chi connectivity index (χ2n) is 7.22. The van der Waals surface area contributed by atoms with Crippen LogP contribution in [0.15, 0.2) is 53.1 Å². The van der Waals surface area contributed by atoms with Gasteiger partial charge >= 0.3 is 0 Å². The third-order valence-electron chi connectivity index (χ3n) is 4.99. The molecule has 0 radical (unpaired) electrons. The van der Waals surface area contributed by atoms with Gasteiger partial charge in [-0.1, -0.05) is 35.5 Å². The largest absolute Gasteiger partial charge is 0.356 e. The van der Waals surface area contributed by atoms with Gasteiger partial charge in [-0.05, 0) is 49.1 Å². The number of rotatable bonds is 8. The highest BCUT2D eigenvalue weighted by Gasteiger charge is 2.15. The lowest BCUT2D eigenvalue weighted by atomic mass is 10.0. The van der Waals surface area contributed by atoms with Gasteiger partial charge in [-0.2, -0.15) is 4.98 Å². The maximum Gasteiger partial charge on any atom is 0.226 e. The van der Waals surface area contributed by atoms with E-state index in [0.717, 1.165) is 34.1 Å². The van der Waals surface area contributed by atoms with Crippen molar-refractivity contribution in [3.63, 3.8) is 0 Å². The van der Waals surface area contributed by atoms with Gasteiger partial charge in [0.05, 0.1) is 0 Å². The second-order valence-corrected chi connectivity index (χ2v) is 7.22. The summed E-state index contributed by atoms with van der Waals surface area (Å²) in [7, 11) is 0. The summed E-state index contributed by atoms with van der Waals surface area (Å²) in [6.45, 7) is 2.31. The van der Waals surface area contributed by atoms with Crippen LogP contribution in [0.1, 0.15) is 30.1 Å². The van der Waals surface area contributed by atoms with E-state index < -0.39 is 0 Å². The van der Waals surface area contributed by atoms with Crippen LogP contribution in [-0.4, -0.2) is 27.6 Å². The minimum absolute atomic E-state index is 0.0403. The van der Waals surface area contributed by atoms with E-state index in [4.69, 9.17) is 4.52 Å². The molecular weight excluding hydrogens is 383 g/mol. The van der Waals surface area contributed by atoms with Gasteiger partial charge in [0.15, 0.2) is 5.82 Å². The normalized spacial score (nSPS) is 11.1. The number of carbonyl (C=O) groups excluding carboxylic acids is 1. The van der Waals surface area contributed by atoms with Crippen molar-refractivity contribution in [3.05, 3.63) is 71.6 Å². The van der Waals surface area contributed by atoms with Crippen LogP contribution in [0, 0.1) is 12.7 Å². The molecule has 2 aromatic carbocycles. The van der Waals surface area contributed by atoms with Gasteiger partial charge < -0.3 is 14.8 Å². The molecule has 0 spiro atoms. The van der Waals surface area contributed by atoms with Crippen LogP contribution in [0.3, 0.4) is 0 Å². The molecule has 0 bridgehead atoms. The molecule has 7 heteroatoms. The van der Waals surface area contributed by atoms with E-state index in [0.29, 0.717) is 37.5 Å². The van der Waals surface area contributed by atoms with Gasteiger partial charge in [-0.3, -0.25) is 4.79 Å². The number of aromatic nitrogens is 3. The number of hydrogen-bond donors (Lipinski definition) is 2. The zero-order valence-electron chi connectivity index (χ0n) is 16.7. The third kappa shape index (κ3) is 4.56. The first-order valence-electron chi connectivity index (χ1n) is 10.0. The van der Waals surface area contributed by atoms with Crippen LogP contribution in [0.25, 0.3) is 22.2 Å². The molecule has 0 aliphatic heterocycles. The van der Waals surface area contributed by atoms with E-state index >= 15 is 0 Å². The zero-order valence-corrected chi connectivity index (χ0v) is 16.7. The van der Waals surface area contributed by atoms with E-state index in [1.165, 1.54) is 12.1 Å². The molecule has 0 atom stereocenters. The number of nitrogens with one attached hydrogen (secondary N) is 2. The Labute approximate surface area is 173 Å². The summed E-state index contributed by atoms with van der Waals surface area (Å²) in [5.41, 5.74) is 3.75. The molecule has 0 saturated heterocycles. The molecule has 2 heterocycles. The van der Waals surface area contributed by atoms with Crippen LogP contribution >= 0.6 is 0 Å². The smallest absolute Gasteiger partial charge is 0.226 e. The Hall–Kier alpha value is -3.48. The molecule has 1 amide bonds. The first kappa shape index (κ1) is 19.8. The molecule has 0 aliphatic rings. The maximum atomic E-state index is 13.9. The fraction of sp³-hybridized carbons (Fsp3) is 0.261. The zero-order chi connectivity index (χ0) is 20.9. The molecule has 0 saturated carbocycles. The van der Waals surface area contributed by atoms with Crippen LogP contribution < -0.4 is 5.32 Å². The lowest BCUT2D eigenvalue weighted by molar-refractivity contribution is -0.121. The third-order valence-corrected chi connectivity index (χ3v) is 4.99. The van der Waals surface area contributed by atoms with Gasteiger partial charge in [0.2, 0.25) is 11.8 Å². The number of amides is 1. The number of aromatic amines is 1. The van der Waals surface area contributed by atoms with Crippen LogP contribution in [0.2, 0.25) is 0 Å². The maximum absolute atomic E-state index is 13.9. The summed E-state index contributed by atoms with van der Waals surface area (Å²) < 4.78 is 18.9. The fourth-order valence-corrected chi connectivity index (χ4v) is 3.57. The summed E-state index contributed by atoms with van der Waals surface area (Å²) in [5.74, 6) is 0.859. The number of H-pyrrole nitrogens is 1. The molecule has 2 N–H and O–H groups in total. The number of benzene rings is 2. The van der Waals surface area contributed by atoms with Crippen molar-refractivity contribution in [2.45, 2.75) is 32.6 Å². The topological polar surface area (TPSA) is 83.8 Å². The summed E-state index contributed by atoms with van der Waals surface area (Å²) in [6, 6.07) is 14.6. The molecule has 6 nitrogen and oxygen atoms in total. The monoisotopic (exact) mass is 406 g/mol. The Morgan fingerprint density at radius 3 is 2.77 bits per heavy atom. The van der Waals surface area contributed by atoms with Crippen molar-refractivity contribution < 1.29 is 13.7 Å². The van der Waals surface area contributed by atoms with Crippen molar-refractivity contribution in [2.24, 2.45) is 0 Å². The average Bonchev–Trinajstić information content (AvgIpc) is 3.33. The number of carbonyl (C=O) groups is 1. The second kappa shape index (κ2) is 8.90. The molecule has 0 aliphatic carbocycles. The average molecular weight is 406 g/mol. The van der Waals surface area contributed by atoms with Crippen molar-refractivity contribution in [1.29, 1.82) is 0 Å². The Bertz CT molecular complexity index is 1150. The highest BCUT2D eigenvalue weighted by molar-refractivity contribution is 5.91. The lowest BCUT2D eigenvalue weighted by Gasteiger charge is -2.07. The minimum atomic E-state index is -0.289. The van der Waals surface area contributed by atoms with E-state index in [-0.39, 0.29) is 11.7 Å². The van der Waals surface area contributed by atoms with E-state index in [1.807, 2.05) is 30.3 Å². The Kier molecular flexibility index (Phi) is 5.88. The van der Waals surface area contributed by atoms with Gasteiger partial charge in [0.1, 0.15) is 5.82 Å². The number of fused-ring (bicyclic) bond motifs is 1. The predicted octanol–water partition coefficient (Wildman–Crippen LogP) is 4.35. The fourth-order valence-electron chi connectivity index (χ4n) is 3.57. The molecule has 0 unspecified atom stereocenters. The molecular formula is C23H23FN4O2. The van der Waals surface area contributed by atoms with Crippen molar-refractivity contribution in [1.82, 2.24) is 20.4 Å². The van der Waals surface area contributed by atoms with E-state index in [9.17, 15) is 9.18 Å². The molecule has 30 heavy (non-hydrogen) atoms. The highest BCUT2D eigenvalue weighted by atomic mass is 19.1. The molecule has 4 aromatic rings. The Morgan fingerprint density at radius 2 is 2.00 bits per heavy atom. The van der Waals surface area contributed by atoms with E-state index in [2.05, 4.69) is 20.4 Å². The van der Waals surface area contributed by atoms with Gasteiger partial charge in [0, 0.05) is 36.0 Å². The summed E-state index contributed by atoms with van der Waals surface area (Å²) in [4.78, 5) is 19.9. The highest BCUT2D eigenvalue weighted by Crippen LogP contribution is 2.31. The van der Waals surface area contributed by atoms with Crippen molar-refractivity contribution in [2.75, 3.05) is 6.54 Å². The first-order valence-corrected chi connectivity index (χ1v) is 10.0. The molecule has 4 rings (SSSR count). The number of aryl methyl sites for hydroxylation is 3. The minimum Gasteiger partial charge on any atom is -0.356 e. The Balaban J connectivity index is 1.41. The summed E-state index contributed by atoms with van der Waals surface area (Å²) in [5, 5.41) is 7.49. The SMILES string of the molecule is Cc1noc(CCCNC(=O)CCc2c(-c3ccccc3)[nH]c3ccc(F)cc23)n1. The van der Waals surface area contributed by atoms with Gasteiger partial charge in [-0.25, -0.2) is 4.39 Å². The number of halogens is 1. The van der Waals surface area contributed by atoms with E-state index in [1.54, 1.807) is 13.0 Å². The van der Waals surface area contributed by atoms with Crippen molar-refractivity contribution in [3.8, 4) is 11.3 Å². The molecule has 0 fully saturated rings. The predicted molar refractivity (Wildman–Crippen MR) is 112 cm³/mol. The van der Waals surface area contributed by atoms with Gasteiger partial charge in [0.25, 0.3) is 0 Å².